The van der Waals surface area contributed by atoms with Gasteiger partial charge in [0.1, 0.15) is 11.5 Å². The summed E-state index contributed by atoms with van der Waals surface area (Å²) < 4.78 is 6.99. The Morgan fingerprint density at radius 1 is 0.520 bits per heavy atom. The fourth-order valence-corrected chi connectivity index (χ4v) is 11.7. The van der Waals surface area contributed by atoms with E-state index in [2.05, 4.69) is 148 Å². The van der Waals surface area contributed by atoms with E-state index in [0.717, 1.165) is 23.3 Å². The van der Waals surface area contributed by atoms with Gasteiger partial charge in [-0.1, -0.05) is 100 Å². The van der Waals surface area contributed by atoms with Crippen molar-refractivity contribution < 1.29 is 4.74 Å². The van der Waals surface area contributed by atoms with E-state index in [4.69, 9.17) is 4.74 Å². The molecule has 0 radical (unpaired) electrons. The number of fused-ring (bicyclic) bond motifs is 3. The SMILES string of the molecule is CC1(C)CCC(C)(C)c2cc(N(c3ccccc3)c3ccc(-c4cccc5c4Oc4ccccc4C54C5CC6CC(C5)CC4C6)cc3)ccc21. The van der Waals surface area contributed by atoms with Crippen LogP contribution in [-0.4, -0.2) is 0 Å². The summed E-state index contributed by atoms with van der Waals surface area (Å²) in [5.41, 5.74) is 12.2. The lowest BCUT2D eigenvalue weighted by atomic mass is 9.41. The first kappa shape index (κ1) is 30.5. The predicted molar refractivity (Wildman–Crippen MR) is 206 cm³/mol. The van der Waals surface area contributed by atoms with Crippen LogP contribution >= 0.6 is 0 Å². The van der Waals surface area contributed by atoms with Gasteiger partial charge in [0.15, 0.2) is 0 Å². The molecule has 5 aliphatic carbocycles. The first-order chi connectivity index (χ1) is 24.2. The highest BCUT2D eigenvalue weighted by atomic mass is 16.5. The van der Waals surface area contributed by atoms with Crippen molar-refractivity contribution in [1.29, 1.82) is 0 Å². The van der Waals surface area contributed by atoms with Crippen molar-refractivity contribution >= 4 is 17.1 Å². The van der Waals surface area contributed by atoms with Crippen LogP contribution < -0.4 is 9.64 Å². The highest BCUT2D eigenvalue weighted by Crippen LogP contribution is 2.69. The fraction of sp³-hybridized carbons (Fsp3) is 0.375. The van der Waals surface area contributed by atoms with Crippen molar-refractivity contribution in [1.82, 2.24) is 0 Å². The third-order valence-corrected chi connectivity index (χ3v) is 14.0. The first-order valence-corrected chi connectivity index (χ1v) is 19.2. The maximum absolute atomic E-state index is 6.99. The Morgan fingerprint density at radius 2 is 1.12 bits per heavy atom. The van der Waals surface area contributed by atoms with E-state index < -0.39 is 0 Å². The number of benzene rings is 5. The maximum atomic E-state index is 6.99. The summed E-state index contributed by atoms with van der Waals surface area (Å²) in [4.78, 5) is 2.43. The van der Waals surface area contributed by atoms with Crippen LogP contribution in [0.25, 0.3) is 11.1 Å². The highest BCUT2D eigenvalue weighted by Gasteiger charge is 2.61. The molecular formula is C48H49NO. The molecule has 0 amide bonds. The van der Waals surface area contributed by atoms with E-state index in [9.17, 15) is 0 Å². The van der Waals surface area contributed by atoms with Crippen LogP contribution in [-0.2, 0) is 16.2 Å². The molecule has 0 N–H and O–H groups in total. The molecule has 0 unspecified atom stereocenters. The van der Waals surface area contributed by atoms with Crippen LogP contribution in [0.3, 0.4) is 0 Å². The number of rotatable bonds is 4. The van der Waals surface area contributed by atoms with Crippen molar-refractivity contribution in [3.8, 4) is 22.6 Å². The molecule has 5 aromatic carbocycles. The van der Waals surface area contributed by atoms with Gasteiger partial charge < -0.3 is 9.64 Å². The number of hydrogen-bond acceptors (Lipinski definition) is 2. The van der Waals surface area contributed by atoms with Gasteiger partial charge in [-0.3, -0.25) is 0 Å². The second kappa shape index (κ2) is 10.8. The van der Waals surface area contributed by atoms with Gasteiger partial charge >= 0.3 is 0 Å². The Labute approximate surface area is 298 Å². The minimum atomic E-state index is 0.0620. The minimum absolute atomic E-state index is 0.0620. The second-order valence-corrected chi connectivity index (χ2v) is 17.7. The van der Waals surface area contributed by atoms with Crippen molar-refractivity contribution in [3.63, 3.8) is 0 Å². The number of nitrogens with zero attached hydrogens (tertiary/aromatic N) is 1. The van der Waals surface area contributed by atoms with Crippen LogP contribution in [0, 0.1) is 23.7 Å². The van der Waals surface area contributed by atoms with Gasteiger partial charge in [0.05, 0.1) is 0 Å². The van der Waals surface area contributed by atoms with E-state index in [1.807, 2.05) is 0 Å². The largest absolute Gasteiger partial charge is 0.456 e. The minimum Gasteiger partial charge on any atom is -0.456 e. The number of ether oxygens (including phenoxy) is 1. The van der Waals surface area contributed by atoms with E-state index in [1.54, 1.807) is 0 Å². The van der Waals surface area contributed by atoms with Gasteiger partial charge in [0.25, 0.3) is 0 Å². The van der Waals surface area contributed by atoms with Crippen LogP contribution in [0.15, 0.2) is 115 Å². The molecule has 0 saturated heterocycles. The van der Waals surface area contributed by atoms with Crippen molar-refractivity contribution in [2.24, 2.45) is 23.7 Å². The molecule has 4 bridgehead atoms. The summed E-state index contributed by atoms with van der Waals surface area (Å²) in [6, 6.07) is 43.4. The van der Waals surface area contributed by atoms with E-state index in [1.165, 1.54) is 95.4 Å². The number of anilines is 3. The zero-order chi connectivity index (χ0) is 33.8. The summed E-state index contributed by atoms with van der Waals surface area (Å²) in [5.74, 6) is 5.39. The molecule has 1 heterocycles. The fourth-order valence-electron chi connectivity index (χ4n) is 11.7. The summed E-state index contributed by atoms with van der Waals surface area (Å²) in [6.07, 6.45) is 9.35. The van der Waals surface area contributed by atoms with Crippen LogP contribution in [0.4, 0.5) is 17.1 Å². The molecule has 11 rings (SSSR count). The Bertz CT molecular complexity index is 2080. The zero-order valence-corrected chi connectivity index (χ0v) is 30.1. The first-order valence-electron chi connectivity index (χ1n) is 19.2. The number of para-hydroxylation sites is 3. The Kier molecular flexibility index (Phi) is 6.62. The highest BCUT2D eigenvalue weighted by molar-refractivity contribution is 5.81. The molecule has 5 aromatic rings. The van der Waals surface area contributed by atoms with E-state index >= 15 is 0 Å². The zero-order valence-electron chi connectivity index (χ0n) is 30.1. The Balaban J connectivity index is 1.08. The molecule has 2 heteroatoms. The average molecular weight is 656 g/mol. The lowest BCUT2D eigenvalue weighted by Gasteiger charge is -2.63. The standard InChI is InChI=1S/C48H49NO/c1-46(2)23-24-47(3,4)43-30-38(21-22-40(43)46)49(36-11-6-5-7-12-36)37-19-17-33(18-20-37)39-13-10-15-42-45(39)50-44-16-9-8-14-41(44)48(42)34-26-31-25-32(28-34)29-35(48)27-31/h5-22,30-32,34-35H,23-29H2,1-4H3. The van der Waals surface area contributed by atoms with Gasteiger partial charge in [-0.15, -0.1) is 0 Å². The second-order valence-electron chi connectivity index (χ2n) is 17.7. The van der Waals surface area contributed by atoms with Crippen molar-refractivity contribution in [3.05, 3.63) is 138 Å². The van der Waals surface area contributed by atoms with Crippen molar-refractivity contribution in [2.45, 2.75) is 88.9 Å². The molecule has 1 spiro atoms. The number of hydrogen-bond donors (Lipinski definition) is 0. The summed E-state index contributed by atoms with van der Waals surface area (Å²) in [5, 5.41) is 0. The van der Waals surface area contributed by atoms with Gasteiger partial charge in [-0.2, -0.15) is 0 Å². The average Bonchev–Trinajstić information content (AvgIpc) is 3.12. The third-order valence-electron chi connectivity index (χ3n) is 14.0. The predicted octanol–water partition coefficient (Wildman–Crippen LogP) is 13.0. The Morgan fingerprint density at radius 3 is 1.84 bits per heavy atom. The smallest absolute Gasteiger partial charge is 0.139 e. The molecule has 0 atom stereocenters. The lowest BCUT2D eigenvalue weighted by Crippen LogP contribution is -2.57. The quantitative estimate of drug-likeness (QED) is 0.191. The molecule has 50 heavy (non-hydrogen) atoms. The van der Waals surface area contributed by atoms with Gasteiger partial charge in [-0.05, 0) is 139 Å². The molecule has 4 fully saturated rings. The summed E-state index contributed by atoms with van der Waals surface area (Å²) in [6.45, 7) is 9.65. The molecule has 252 valence electrons. The molecule has 6 aliphatic rings. The van der Waals surface area contributed by atoms with Gasteiger partial charge in [0.2, 0.25) is 0 Å². The van der Waals surface area contributed by atoms with E-state index in [0.29, 0.717) is 11.8 Å². The molecular weight excluding hydrogens is 607 g/mol. The topological polar surface area (TPSA) is 12.5 Å². The molecule has 0 aromatic heterocycles. The summed E-state index contributed by atoms with van der Waals surface area (Å²) in [7, 11) is 0. The lowest BCUT2D eigenvalue weighted by molar-refractivity contribution is -0.0451. The summed E-state index contributed by atoms with van der Waals surface area (Å²) >= 11 is 0. The normalized spacial score (nSPS) is 27.6. The Hall–Kier alpha value is -4.30. The van der Waals surface area contributed by atoms with E-state index in [-0.39, 0.29) is 16.2 Å². The van der Waals surface area contributed by atoms with Crippen molar-refractivity contribution in [2.75, 3.05) is 4.90 Å². The maximum Gasteiger partial charge on any atom is 0.139 e. The van der Waals surface area contributed by atoms with Crippen LogP contribution in [0.5, 0.6) is 11.5 Å². The van der Waals surface area contributed by atoms with Crippen LogP contribution in [0.1, 0.15) is 94.9 Å². The molecule has 4 saturated carbocycles. The van der Waals surface area contributed by atoms with Crippen LogP contribution in [0.2, 0.25) is 0 Å². The van der Waals surface area contributed by atoms with Gasteiger partial charge in [0, 0.05) is 39.2 Å². The molecule has 2 nitrogen and oxygen atoms in total. The molecule has 1 aliphatic heterocycles. The van der Waals surface area contributed by atoms with Gasteiger partial charge in [-0.25, -0.2) is 0 Å². The monoisotopic (exact) mass is 655 g/mol. The third kappa shape index (κ3) is 4.39.